The monoisotopic (exact) mass is 379 g/mol. The van der Waals surface area contributed by atoms with E-state index in [9.17, 15) is 14.9 Å². The van der Waals surface area contributed by atoms with Gasteiger partial charge in [0, 0.05) is 44.4 Å². The van der Waals surface area contributed by atoms with Gasteiger partial charge in [0.25, 0.3) is 5.69 Å². The van der Waals surface area contributed by atoms with Crippen molar-refractivity contribution in [3.8, 4) is 0 Å². The van der Waals surface area contributed by atoms with Crippen molar-refractivity contribution in [2.75, 3.05) is 44.7 Å². The molecular weight excluding hydrogens is 350 g/mol. The topological polar surface area (TPSA) is 137 Å². The summed E-state index contributed by atoms with van der Waals surface area (Å²) in [5.41, 5.74) is 11.7. The summed E-state index contributed by atoms with van der Waals surface area (Å²) in [7, 11) is 0. The number of nitro benzene ring substituents is 1. The van der Waals surface area contributed by atoms with Gasteiger partial charge < -0.3 is 21.5 Å². The van der Waals surface area contributed by atoms with Gasteiger partial charge in [-0.1, -0.05) is 26.0 Å². The number of primary amides is 1. The van der Waals surface area contributed by atoms with Crippen molar-refractivity contribution in [2.45, 2.75) is 20.4 Å². The van der Waals surface area contributed by atoms with Crippen molar-refractivity contribution in [1.82, 2.24) is 4.90 Å². The first-order valence-corrected chi connectivity index (χ1v) is 9.03. The Hall–Kier alpha value is -2.49. The van der Waals surface area contributed by atoms with Crippen LogP contribution >= 0.6 is 0 Å². The third kappa shape index (κ3) is 6.97. The van der Waals surface area contributed by atoms with Crippen molar-refractivity contribution >= 4 is 17.3 Å². The molecule has 1 aromatic rings. The number of benzene rings is 1. The molecule has 150 valence electrons. The maximum absolute atomic E-state index is 11.6. The largest absolute Gasteiger partial charge is 0.379 e. The van der Waals surface area contributed by atoms with Crippen LogP contribution in [-0.4, -0.2) is 55.1 Å². The minimum Gasteiger partial charge on any atom is -0.379 e. The van der Waals surface area contributed by atoms with Gasteiger partial charge in [-0.3, -0.25) is 19.8 Å². The fourth-order valence-electron chi connectivity index (χ4n) is 2.64. The average molecular weight is 379 g/mol. The molecule has 1 fully saturated rings. The lowest BCUT2D eigenvalue weighted by molar-refractivity contribution is -0.384. The highest BCUT2D eigenvalue weighted by Crippen LogP contribution is 2.31. The molecule has 9 heteroatoms. The molecule has 0 radical (unpaired) electrons. The molecule has 0 saturated carbocycles. The number of nitro groups is 1. The van der Waals surface area contributed by atoms with E-state index in [0.717, 1.165) is 13.1 Å². The smallest absolute Gasteiger partial charge is 0.293 e. The van der Waals surface area contributed by atoms with Crippen LogP contribution in [0.25, 0.3) is 0 Å². The molecular formula is C18H29N5O4. The van der Waals surface area contributed by atoms with E-state index in [-0.39, 0.29) is 11.3 Å². The maximum Gasteiger partial charge on any atom is 0.293 e. The van der Waals surface area contributed by atoms with Gasteiger partial charge in [0.1, 0.15) is 5.69 Å². The molecule has 0 unspecified atom stereocenters. The van der Waals surface area contributed by atoms with E-state index in [0.29, 0.717) is 44.1 Å². The summed E-state index contributed by atoms with van der Waals surface area (Å²) in [6.45, 7) is 7.92. The Labute approximate surface area is 159 Å². The molecule has 1 saturated heterocycles. The number of anilines is 1. The van der Waals surface area contributed by atoms with E-state index in [4.69, 9.17) is 16.2 Å². The number of hydrogen-bond donors (Lipinski definition) is 3. The summed E-state index contributed by atoms with van der Waals surface area (Å²) < 4.78 is 5.32. The Morgan fingerprint density at radius 2 is 2.00 bits per heavy atom. The molecule has 1 aliphatic heterocycles. The Morgan fingerprint density at radius 1 is 1.33 bits per heavy atom. The van der Waals surface area contributed by atoms with Crippen LogP contribution in [0.4, 0.5) is 11.4 Å². The SMILES string of the molecule is CC.NC/C=C/CNc1c(CN2CCOCC2)cc(C(N)=O)cc1[N+](=O)[O-]. The van der Waals surface area contributed by atoms with Gasteiger partial charge in [0.15, 0.2) is 0 Å². The van der Waals surface area contributed by atoms with Crippen LogP contribution in [-0.2, 0) is 11.3 Å². The highest BCUT2D eigenvalue weighted by atomic mass is 16.6. The molecule has 0 atom stereocenters. The Kier molecular flexibility index (Phi) is 10.0. The van der Waals surface area contributed by atoms with Crippen LogP contribution in [0.2, 0.25) is 0 Å². The van der Waals surface area contributed by atoms with Gasteiger partial charge in [-0.2, -0.15) is 0 Å². The van der Waals surface area contributed by atoms with E-state index >= 15 is 0 Å². The molecule has 1 amide bonds. The number of nitrogens with one attached hydrogen (secondary N) is 1. The van der Waals surface area contributed by atoms with Gasteiger partial charge in [-0.15, -0.1) is 0 Å². The van der Waals surface area contributed by atoms with Gasteiger partial charge in [-0.25, -0.2) is 0 Å². The first-order chi connectivity index (χ1) is 13.0. The first-order valence-electron chi connectivity index (χ1n) is 9.03. The summed E-state index contributed by atoms with van der Waals surface area (Å²) in [5.74, 6) is -0.694. The second kappa shape index (κ2) is 12.0. The van der Waals surface area contributed by atoms with Gasteiger partial charge in [0.2, 0.25) is 5.91 Å². The minimum absolute atomic E-state index is 0.123. The highest BCUT2D eigenvalue weighted by molar-refractivity contribution is 5.95. The predicted octanol–water partition coefficient (Wildman–Crippen LogP) is 1.48. The van der Waals surface area contributed by atoms with Crippen LogP contribution in [0.5, 0.6) is 0 Å². The summed E-state index contributed by atoms with van der Waals surface area (Å²) in [6, 6.07) is 2.82. The maximum atomic E-state index is 11.6. The van der Waals surface area contributed by atoms with Crippen LogP contribution in [0.3, 0.4) is 0 Å². The fraction of sp³-hybridized carbons (Fsp3) is 0.500. The number of nitrogens with two attached hydrogens (primary N) is 2. The Balaban J connectivity index is 0.00000176. The standard InChI is InChI=1S/C16H23N5O4.C2H6/c17-3-1-2-4-19-15-13(11-20-5-7-25-8-6-20)9-12(16(18)22)10-14(15)21(23)24;1-2/h1-2,9-10,19H,3-8,11,17H2,(H2,18,22);1-2H3/b2-1+;. The van der Waals surface area contributed by atoms with Gasteiger partial charge >= 0.3 is 0 Å². The summed E-state index contributed by atoms with van der Waals surface area (Å²) in [5, 5.41) is 14.5. The Bertz CT molecular complexity index is 657. The normalized spacial score (nSPS) is 14.5. The number of hydrogen-bond acceptors (Lipinski definition) is 7. The van der Waals surface area contributed by atoms with Crippen molar-refractivity contribution in [2.24, 2.45) is 11.5 Å². The summed E-state index contributed by atoms with van der Waals surface area (Å²) in [6.07, 6.45) is 3.56. The molecule has 2 rings (SSSR count). The van der Waals surface area contributed by atoms with E-state index in [1.165, 1.54) is 6.07 Å². The zero-order valence-corrected chi connectivity index (χ0v) is 15.9. The molecule has 1 heterocycles. The zero-order chi connectivity index (χ0) is 20.2. The average Bonchev–Trinajstić information content (AvgIpc) is 2.67. The second-order valence-electron chi connectivity index (χ2n) is 5.63. The number of nitrogens with zero attached hydrogens (tertiary/aromatic N) is 2. The molecule has 0 bridgehead atoms. The number of rotatable bonds is 8. The number of morpholine rings is 1. The third-order valence-electron chi connectivity index (χ3n) is 3.88. The zero-order valence-electron chi connectivity index (χ0n) is 15.9. The van der Waals surface area contributed by atoms with Crippen molar-refractivity contribution in [3.63, 3.8) is 0 Å². The van der Waals surface area contributed by atoms with Crippen LogP contribution < -0.4 is 16.8 Å². The molecule has 1 aromatic carbocycles. The van der Waals surface area contributed by atoms with Gasteiger partial charge in [0.05, 0.1) is 18.1 Å². The molecule has 5 N–H and O–H groups in total. The first kappa shape index (κ1) is 22.6. The molecule has 0 spiro atoms. The van der Waals surface area contributed by atoms with Crippen LogP contribution in [0.1, 0.15) is 29.8 Å². The van der Waals surface area contributed by atoms with Crippen LogP contribution in [0, 0.1) is 10.1 Å². The fourth-order valence-corrected chi connectivity index (χ4v) is 2.64. The lowest BCUT2D eigenvalue weighted by atomic mass is 10.0. The van der Waals surface area contributed by atoms with Crippen molar-refractivity contribution < 1.29 is 14.5 Å². The lowest BCUT2D eigenvalue weighted by Crippen LogP contribution is -2.36. The van der Waals surface area contributed by atoms with Crippen LogP contribution in [0.15, 0.2) is 24.3 Å². The number of ether oxygens (including phenoxy) is 1. The third-order valence-corrected chi connectivity index (χ3v) is 3.88. The number of carbonyl (C=O) groups excluding carboxylic acids is 1. The quantitative estimate of drug-likeness (QED) is 0.353. The molecule has 0 aromatic heterocycles. The van der Waals surface area contributed by atoms with E-state index < -0.39 is 10.8 Å². The summed E-state index contributed by atoms with van der Waals surface area (Å²) >= 11 is 0. The highest BCUT2D eigenvalue weighted by Gasteiger charge is 2.23. The second-order valence-corrected chi connectivity index (χ2v) is 5.63. The van der Waals surface area contributed by atoms with E-state index in [1.54, 1.807) is 18.2 Å². The number of amides is 1. The molecule has 0 aliphatic carbocycles. The van der Waals surface area contributed by atoms with Crippen molar-refractivity contribution in [1.29, 1.82) is 0 Å². The van der Waals surface area contributed by atoms with E-state index in [1.807, 2.05) is 13.8 Å². The summed E-state index contributed by atoms with van der Waals surface area (Å²) in [4.78, 5) is 24.6. The minimum atomic E-state index is -0.694. The lowest BCUT2D eigenvalue weighted by Gasteiger charge is -2.27. The van der Waals surface area contributed by atoms with Gasteiger partial charge in [-0.05, 0) is 11.6 Å². The molecule has 1 aliphatic rings. The molecule has 9 nitrogen and oxygen atoms in total. The number of carbonyl (C=O) groups is 1. The molecule has 27 heavy (non-hydrogen) atoms. The van der Waals surface area contributed by atoms with E-state index in [2.05, 4.69) is 10.2 Å². The van der Waals surface area contributed by atoms with Crippen molar-refractivity contribution in [3.05, 3.63) is 45.5 Å². The predicted molar refractivity (Wildman–Crippen MR) is 106 cm³/mol. The Morgan fingerprint density at radius 3 is 2.56 bits per heavy atom.